The van der Waals surface area contributed by atoms with Gasteiger partial charge in [0.05, 0.1) is 7.11 Å². The van der Waals surface area contributed by atoms with Crippen LogP contribution in [0.3, 0.4) is 0 Å². The molecule has 3 aliphatic heterocycles. The molecule has 15 nitrogen and oxygen atoms in total. The number of fused-ring (bicyclic) bond motifs is 2. The monoisotopic (exact) mass is 724 g/mol. The van der Waals surface area contributed by atoms with Crippen molar-refractivity contribution in [2.45, 2.75) is 108 Å². The van der Waals surface area contributed by atoms with Crippen LogP contribution in [0.2, 0.25) is 0 Å². The first-order valence-corrected chi connectivity index (χ1v) is 18.1. The van der Waals surface area contributed by atoms with Crippen molar-refractivity contribution in [2.24, 2.45) is 0 Å². The molecule has 284 valence electrons. The van der Waals surface area contributed by atoms with E-state index in [4.69, 9.17) is 9.47 Å². The summed E-state index contributed by atoms with van der Waals surface area (Å²) < 4.78 is 11.0. The summed E-state index contributed by atoms with van der Waals surface area (Å²) in [5.74, 6) is -3.61. The highest BCUT2D eigenvalue weighted by atomic mass is 16.5. The maximum Gasteiger partial charge on any atom is 0.328 e. The number of carbonyl (C=O) groups is 7. The van der Waals surface area contributed by atoms with Crippen LogP contribution in [0.1, 0.15) is 71.3 Å². The van der Waals surface area contributed by atoms with Crippen LogP contribution in [0.15, 0.2) is 36.4 Å². The average molecular weight is 725 g/mol. The van der Waals surface area contributed by atoms with Gasteiger partial charge in [-0.05, 0) is 69.7 Å². The number of benzene rings is 1. The number of hydrogen-bond donors (Lipinski definition) is 3. The summed E-state index contributed by atoms with van der Waals surface area (Å²) >= 11 is 0. The van der Waals surface area contributed by atoms with Crippen molar-refractivity contribution in [2.75, 3.05) is 33.9 Å². The van der Waals surface area contributed by atoms with Crippen LogP contribution < -0.4 is 20.7 Å². The van der Waals surface area contributed by atoms with E-state index in [0.717, 1.165) is 12.8 Å². The smallest absolute Gasteiger partial charge is 0.328 e. The minimum absolute atomic E-state index is 0.0468. The van der Waals surface area contributed by atoms with E-state index in [1.165, 1.54) is 48.8 Å². The third-order valence-electron chi connectivity index (χ3n) is 9.87. The lowest BCUT2D eigenvalue weighted by Crippen LogP contribution is -2.60. The Morgan fingerprint density at radius 1 is 1.02 bits per heavy atom. The molecule has 3 N–H and O–H groups in total. The van der Waals surface area contributed by atoms with Crippen LogP contribution in [0.25, 0.3) is 0 Å². The predicted octanol–water partition coefficient (Wildman–Crippen LogP) is 0.844. The van der Waals surface area contributed by atoms with Gasteiger partial charge < -0.3 is 40.1 Å². The fraction of sp³-hybridized carbons (Fsp3) is 0.595. The van der Waals surface area contributed by atoms with Crippen LogP contribution in [0.5, 0.6) is 5.75 Å². The number of ether oxygens (including phenoxy) is 2. The van der Waals surface area contributed by atoms with Gasteiger partial charge >= 0.3 is 5.97 Å². The number of amides is 6. The van der Waals surface area contributed by atoms with Crippen molar-refractivity contribution in [1.82, 2.24) is 30.7 Å². The van der Waals surface area contributed by atoms with Gasteiger partial charge in [-0.15, -0.1) is 0 Å². The summed E-state index contributed by atoms with van der Waals surface area (Å²) in [5.41, 5.74) is 0.678. The minimum Gasteiger partial charge on any atom is -0.497 e. The number of esters is 1. The van der Waals surface area contributed by atoms with E-state index in [-0.39, 0.29) is 19.5 Å². The summed E-state index contributed by atoms with van der Waals surface area (Å²) in [6, 6.07) is 0.586. The van der Waals surface area contributed by atoms with Gasteiger partial charge in [0.2, 0.25) is 35.4 Å². The second-order valence-electron chi connectivity index (χ2n) is 13.6. The predicted molar refractivity (Wildman–Crippen MR) is 189 cm³/mol. The van der Waals surface area contributed by atoms with Crippen LogP contribution >= 0.6 is 0 Å². The quantitative estimate of drug-likeness (QED) is 0.179. The molecule has 0 aliphatic carbocycles. The largest absolute Gasteiger partial charge is 0.497 e. The summed E-state index contributed by atoms with van der Waals surface area (Å²) in [7, 11) is 2.98. The normalized spacial score (nSPS) is 25.4. The van der Waals surface area contributed by atoms with Crippen LogP contribution in [0.4, 0.5) is 0 Å². The van der Waals surface area contributed by atoms with Gasteiger partial charge in [-0.3, -0.25) is 28.8 Å². The SMILES string of the molecule is CCCCC=CC(=O)N[C@@H](Cc1cccc(OC)c1)C(=O)N[C@H]1COC(=O)[C@@H]2CCCN2C(=O)[C@H](C)NC(=O)[C@H](C)N(C)C(=O)[C@@H]2CCCN2C1=O. The molecule has 3 fully saturated rings. The fourth-order valence-corrected chi connectivity index (χ4v) is 6.69. The van der Waals surface area contributed by atoms with Gasteiger partial charge in [-0.1, -0.05) is 38.0 Å². The summed E-state index contributed by atoms with van der Waals surface area (Å²) in [5, 5.41) is 8.10. The lowest BCUT2D eigenvalue weighted by Gasteiger charge is -2.34. The number of hydrogen-bond acceptors (Lipinski definition) is 9. The molecule has 1 aromatic rings. The number of allylic oxidation sites excluding steroid dienone is 1. The molecular formula is C37H52N6O9. The molecule has 0 saturated carbocycles. The van der Waals surface area contributed by atoms with Crippen molar-refractivity contribution in [1.29, 1.82) is 0 Å². The molecule has 4 rings (SSSR count). The second kappa shape index (κ2) is 18.5. The molecule has 6 amide bonds. The van der Waals surface area contributed by atoms with E-state index < -0.39 is 84.3 Å². The van der Waals surface area contributed by atoms with Crippen molar-refractivity contribution in [3.63, 3.8) is 0 Å². The molecule has 3 aliphatic rings. The maximum atomic E-state index is 14.3. The molecule has 1 aromatic carbocycles. The Morgan fingerprint density at radius 3 is 2.40 bits per heavy atom. The first kappa shape index (κ1) is 39.8. The van der Waals surface area contributed by atoms with Gasteiger partial charge in [0, 0.05) is 26.6 Å². The Bertz CT molecular complexity index is 1530. The third-order valence-corrected chi connectivity index (χ3v) is 9.87. The fourth-order valence-electron chi connectivity index (χ4n) is 6.69. The first-order valence-electron chi connectivity index (χ1n) is 18.1. The van der Waals surface area contributed by atoms with Gasteiger partial charge in [0.1, 0.15) is 48.6 Å². The minimum atomic E-state index is -1.43. The highest BCUT2D eigenvalue weighted by Crippen LogP contribution is 2.24. The summed E-state index contributed by atoms with van der Waals surface area (Å²) in [6.07, 6.45) is 7.32. The zero-order valence-electron chi connectivity index (χ0n) is 30.7. The Labute approximate surface area is 304 Å². The zero-order valence-corrected chi connectivity index (χ0v) is 30.7. The number of unbranched alkanes of at least 4 members (excludes halogenated alkanes) is 2. The van der Waals surface area contributed by atoms with Gasteiger partial charge in [-0.25, -0.2) is 4.79 Å². The molecule has 3 saturated heterocycles. The molecule has 0 radical (unpaired) electrons. The molecule has 0 aromatic heterocycles. The number of nitrogens with zero attached hydrogens (tertiary/aromatic N) is 3. The number of cyclic esters (lactones) is 1. The van der Waals surface area contributed by atoms with Crippen LogP contribution in [0, 0.1) is 0 Å². The van der Waals surface area contributed by atoms with Crippen molar-refractivity contribution in [3.05, 3.63) is 42.0 Å². The number of methoxy groups -OCH3 is 1. The zero-order chi connectivity index (χ0) is 37.9. The number of likely N-dealkylation sites (N-methyl/N-ethyl adjacent to an activating group) is 1. The van der Waals surface area contributed by atoms with E-state index in [0.29, 0.717) is 43.4 Å². The highest BCUT2D eigenvalue weighted by Gasteiger charge is 2.43. The topological polar surface area (TPSA) is 184 Å². The molecule has 15 heteroatoms. The van der Waals surface area contributed by atoms with Crippen molar-refractivity contribution >= 4 is 41.4 Å². The maximum absolute atomic E-state index is 14.3. The molecule has 52 heavy (non-hydrogen) atoms. The van der Waals surface area contributed by atoms with Gasteiger partial charge in [0.25, 0.3) is 0 Å². The summed E-state index contributed by atoms with van der Waals surface area (Å²) in [4.78, 5) is 99.0. The lowest BCUT2D eigenvalue weighted by atomic mass is 10.0. The molecule has 0 unspecified atom stereocenters. The van der Waals surface area contributed by atoms with Crippen molar-refractivity contribution in [3.8, 4) is 5.75 Å². The lowest BCUT2D eigenvalue weighted by molar-refractivity contribution is -0.158. The van der Waals surface area contributed by atoms with Crippen LogP contribution in [-0.4, -0.2) is 126 Å². The molecule has 6 atom stereocenters. The first-order chi connectivity index (χ1) is 24.9. The second-order valence-corrected chi connectivity index (χ2v) is 13.6. The molecule has 0 spiro atoms. The van der Waals surface area contributed by atoms with E-state index in [1.54, 1.807) is 30.3 Å². The van der Waals surface area contributed by atoms with E-state index in [2.05, 4.69) is 16.0 Å². The number of nitrogens with one attached hydrogen (secondary N) is 3. The van der Waals surface area contributed by atoms with E-state index >= 15 is 0 Å². The Hall–Kier alpha value is -4.95. The standard InChI is InChI=1S/C37H52N6O9/c1-6-7-8-9-17-31(44)39-27(21-25-13-10-14-26(20-25)51-5)33(46)40-28-22-52-37(50)30-16-12-19-43(30)34(47)23(2)38-32(45)24(3)41(4)36(49)29-15-11-18-42(29)35(28)48/h9-10,13-14,17,20,23-24,27-30H,6-8,11-12,15-16,18-19,21-22H2,1-5H3,(H,38,45)(H,39,44)(H,40,46)/t23-,24-,27-,28-,29-,30-/m0/s1. The van der Waals surface area contributed by atoms with Gasteiger partial charge in [-0.2, -0.15) is 0 Å². The number of rotatable bonds is 10. The Kier molecular flexibility index (Phi) is 14.2. The third kappa shape index (κ3) is 9.88. The Morgan fingerprint density at radius 2 is 1.71 bits per heavy atom. The van der Waals surface area contributed by atoms with E-state index in [9.17, 15) is 33.6 Å². The highest BCUT2D eigenvalue weighted by molar-refractivity contribution is 5.98. The molecular weight excluding hydrogens is 672 g/mol. The average Bonchev–Trinajstić information content (AvgIpc) is 3.84. The Balaban J connectivity index is 1.65. The van der Waals surface area contributed by atoms with Crippen LogP contribution in [-0.2, 0) is 44.7 Å². The van der Waals surface area contributed by atoms with Gasteiger partial charge in [0.15, 0.2) is 0 Å². The number of carbonyl (C=O) groups excluding carboxylic acids is 7. The molecule has 3 heterocycles. The van der Waals surface area contributed by atoms with Crippen molar-refractivity contribution < 1.29 is 43.0 Å². The molecule has 0 bridgehead atoms. The van der Waals surface area contributed by atoms with E-state index in [1.807, 2.05) is 6.92 Å². The summed E-state index contributed by atoms with van der Waals surface area (Å²) in [6.45, 7) is 4.97.